The summed E-state index contributed by atoms with van der Waals surface area (Å²) in [5.74, 6) is -1.17. The van der Waals surface area contributed by atoms with Crippen molar-refractivity contribution in [2.24, 2.45) is 0 Å². The molecule has 94 valence electrons. The van der Waals surface area contributed by atoms with E-state index in [0.29, 0.717) is 5.56 Å². The summed E-state index contributed by atoms with van der Waals surface area (Å²) in [7, 11) is 0. The monoisotopic (exact) mass is 266 g/mol. The molecule has 0 fully saturated rings. The summed E-state index contributed by atoms with van der Waals surface area (Å²) >= 11 is 1.45. The summed E-state index contributed by atoms with van der Waals surface area (Å²) in [4.78, 5) is 0.841. The van der Waals surface area contributed by atoms with Gasteiger partial charge in [0.1, 0.15) is 17.7 Å². The van der Waals surface area contributed by atoms with E-state index in [-0.39, 0.29) is 5.56 Å². The molecule has 0 saturated carbocycles. The first kappa shape index (κ1) is 13.1. The van der Waals surface area contributed by atoms with Crippen LogP contribution in [0.1, 0.15) is 17.2 Å². The smallest absolute Gasteiger partial charge is 0.129 e. The zero-order valence-corrected chi connectivity index (χ0v) is 10.5. The molecule has 1 atom stereocenters. The van der Waals surface area contributed by atoms with Crippen LogP contribution in [-0.2, 0) is 0 Å². The lowest BCUT2D eigenvalue weighted by Gasteiger charge is -2.15. The standard InChI is InChI=1S/C14H12F2OS/c1-18-13-5-3-2-4-10(13)14(17)11-8-9(15)6-7-12(11)16/h2-8,14,17H,1H3. The van der Waals surface area contributed by atoms with Gasteiger partial charge >= 0.3 is 0 Å². The largest absolute Gasteiger partial charge is 0.384 e. The zero-order chi connectivity index (χ0) is 13.1. The van der Waals surface area contributed by atoms with Crippen LogP contribution in [0.25, 0.3) is 0 Å². The second-order valence-electron chi connectivity index (χ2n) is 3.81. The third kappa shape index (κ3) is 2.54. The maximum Gasteiger partial charge on any atom is 0.129 e. The molecule has 2 aromatic rings. The highest BCUT2D eigenvalue weighted by atomic mass is 32.2. The van der Waals surface area contributed by atoms with Gasteiger partial charge < -0.3 is 5.11 Å². The highest BCUT2D eigenvalue weighted by Gasteiger charge is 2.18. The van der Waals surface area contributed by atoms with Gasteiger partial charge in [0, 0.05) is 10.5 Å². The fourth-order valence-electron chi connectivity index (χ4n) is 1.78. The Kier molecular flexibility index (Phi) is 3.99. The van der Waals surface area contributed by atoms with Gasteiger partial charge in [-0.1, -0.05) is 18.2 Å². The van der Waals surface area contributed by atoms with Crippen molar-refractivity contribution in [1.29, 1.82) is 0 Å². The Labute approximate surface area is 108 Å². The van der Waals surface area contributed by atoms with Crippen LogP contribution in [0.5, 0.6) is 0 Å². The molecule has 18 heavy (non-hydrogen) atoms. The number of aliphatic hydroxyl groups excluding tert-OH is 1. The molecule has 0 radical (unpaired) electrons. The Bertz CT molecular complexity index is 557. The fourth-order valence-corrected chi connectivity index (χ4v) is 2.41. The molecule has 1 N–H and O–H groups in total. The first-order valence-electron chi connectivity index (χ1n) is 5.39. The number of thioether (sulfide) groups is 1. The number of halogens is 2. The first-order chi connectivity index (χ1) is 8.63. The number of aliphatic hydroxyl groups is 1. The lowest BCUT2D eigenvalue weighted by molar-refractivity contribution is 0.211. The minimum Gasteiger partial charge on any atom is -0.384 e. The Morgan fingerprint density at radius 1 is 1.06 bits per heavy atom. The Balaban J connectivity index is 2.47. The molecule has 0 bridgehead atoms. The van der Waals surface area contributed by atoms with Crippen LogP contribution in [0.15, 0.2) is 47.4 Å². The predicted molar refractivity (Wildman–Crippen MR) is 68.6 cm³/mol. The van der Waals surface area contributed by atoms with Crippen LogP contribution >= 0.6 is 11.8 Å². The van der Waals surface area contributed by atoms with E-state index in [1.807, 2.05) is 18.4 Å². The van der Waals surface area contributed by atoms with E-state index in [1.54, 1.807) is 12.1 Å². The van der Waals surface area contributed by atoms with Crippen LogP contribution in [0, 0.1) is 11.6 Å². The molecule has 0 aliphatic rings. The summed E-state index contributed by atoms with van der Waals surface area (Å²) in [5, 5.41) is 10.2. The second kappa shape index (κ2) is 5.50. The lowest BCUT2D eigenvalue weighted by Crippen LogP contribution is -2.04. The third-order valence-electron chi connectivity index (χ3n) is 2.69. The zero-order valence-electron chi connectivity index (χ0n) is 9.73. The summed E-state index contributed by atoms with van der Waals surface area (Å²) in [6.07, 6.45) is 0.706. The highest BCUT2D eigenvalue weighted by molar-refractivity contribution is 7.98. The number of hydrogen-bond acceptors (Lipinski definition) is 2. The maximum atomic E-state index is 13.6. The Morgan fingerprint density at radius 2 is 1.78 bits per heavy atom. The second-order valence-corrected chi connectivity index (χ2v) is 4.66. The third-order valence-corrected chi connectivity index (χ3v) is 3.50. The molecule has 0 heterocycles. The molecule has 0 amide bonds. The molecule has 1 nitrogen and oxygen atoms in total. The number of rotatable bonds is 3. The molecule has 0 spiro atoms. The molecular formula is C14H12F2OS. The minimum absolute atomic E-state index is 0.0449. The van der Waals surface area contributed by atoms with Gasteiger partial charge in [0.15, 0.2) is 0 Å². The fraction of sp³-hybridized carbons (Fsp3) is 0.143. The molecule has 0 aliphatic heterocycles. The normalized spacial score (nSPS) is 12.4. The van der Waals surface area contributed by atoms with E-state index in [0.717, 1.165) is 23.1 Å². The van der Waals surface area contributed by atoms with Gasteiger partial charge in [0.2, 0.25) is 0 Å². The molecule has 2 rings (SSSR count). The lowest BCUT2D eigenvalue weighted by atomic mass is 10.0. The molecular weight excluding hydrogens is 254 g/mol. The van der Waals surface area contributed by atoms with E-state index >= 15 is 0 Å². The van der Waals surface area contributed by atoms with Crippen molar-refractivity contribution >= 4 is 11.8 Å². The maximum absolute atomic E-state index is 13.6. The molecule has 0 aliphatic carbocycles. The topological polar surface area (TPSA) is 20.2 Å². The molecule has 4 heteroatoms. The van der Waals surface area contributed by atoms with Gasteiger partial charge in [-0.25, -0.2) is 8.78 Å². The van der Waals surface area contributed by atoms with Crippen molar-refractivity contribution < 1.29 is 13.9 Å². The van der Waals surface area contributed by atoms with Crippen molar-refractivity contribution in [1.82, 2.24) is 0 Å². The molecule has 0 aromatic heterocycles. The molecule has 1 unspecified atom stereocenters. The summed E-state index contributed by atoms with van der Waals surface area (Å²) < 4.78 is 26.7. The predicted octanol–water partition coefficient (Wildman–Crippen LogP) is 3.77. The van der Waals surface area contributed by atoms with Crippen molar-refractivity contribution in [3.63, 3.8) is 0 Å². The molecule has 0 saturated heterocycles. The van der Waals surface area contributed by atoms with E-state index < -0.39 is 17.7 Å². The van der Waals surface area contributed by atoms with Gasteiger partial charge in [0.25, 0.3) is 0 Å². The SMILES string of the molecule is CSc1ccccc1C(O)c1cc(F)ccc1F. The first-order valence-corrected chi connectivity index (χ1v) is 6.62. The van der Waals surface area contributed by atoms with Crippen molar-refractivity contribution in [2.75, 3.05) is 6.26 Å². The summed E-state index contributed by atoms with van der Waals surface area (Å²) in [6, 6.07) is 10.2. The van der Waals surface area contributed by atoms with Crippen LogP contribution in [0.4, 0.5) is 8.78 Å². The van der Waals surface area contributed by atoms with Gasteiger partial charge in [0.05, 0.1) is 0 Å². The van der Waals surface area contributed by atoms with Crippen molar-refractivity contribution in [2.45, 2.75) is 11.0 Å². The average molecular weight is 266 g/mol. The Morgan fingerprint density at radius 3 is 2.50 bits per heavy atom. The summed E-state index contributed by atoms with van der Waals surface area (Å²) in [5.41, 5.74) is 0.533. The number of benzene rings is 2. The van der Waals surface area contributed by atoms with Crippen LogP contribution < -0.4 is 0 Å². The Hall–Kier alpha value is -1.39. The number of hydrogen-bond donors (Lipinski definition) is 1. The van der Waals surface area contributed by atoms with Gasteiger partial charge in [-0.2, -0.15) is 0 Å². The quantitative estimate of drug-likeness (QED) is 0.853. The summed E-state index contributed by atoms with van der Waals surface area (Å²) in [6.45, 7) is 0. The van der Waals surface area contributed by atoms with E-state index in [2.05, 4.69) is 0 Å². The van der Waals surface area contributed by atoms with Gasteiger partial charge in [-0.3, -0.25) is 0 Å². The van der Waals surface area contributed by atoms with Crippen LogP contribution in [0.2, 0.25) is 0 Å². The van der Waals surface area contributed by atoms with Gasteiger partial charge in [-0.05, 0) is 36.1 Å². The van der Waals surface area contributed by atoms with Crippen LogP contribution in [-0.4, -0.2) is 11.4 Å². The average Bonchev–Trinajstić information content (AvgIpc) is 2.40. The van der Waals surface area contributed by atoms with Crippen molar-refractivity contribution in [3.8, 4) is 0 Å². The molecule has 2 aromatic carbocycles. The van der Waals surface area contributed by atoms with Crippen LogP contribution in [0.3, 0.4) is 0 Å². The highest BCUT2D eigenvalue weighted by Crippen LogP contribution is 2.31. The van der Waals surface area contributed by atoms with Crippen molar-refractivity contribution in [3.05, 3.63) is 65.2 Å². The van der Waals surface area contributed by atoms with E-state index in [4.69, 9.17) is 0 Å². The minimum atomic E-state index is -1.16. The van der Waals surface area contributed by atoms with E-state index in [9.17, 15) is 13.9 Å². The van der Waals surface area contributed by atoms with E-state index in [1.165, 1.54) is 11.8 Å². The van der Waals surface area contributed by atoms with Gasteiger partial charge in [-0.15, -0.1) is 11.8 Å².